The second-order valence-corrected chi connectivity index (χ2v) is 5.51. The molecule has 0 radical (unpaired) electrons. The van der Waals surface area contributed by atoms with Crippen LogP contribution in [0, 0.1) is 20.2 Å². The number of hydrogen-bond donors (Lipinski definition) is 0. The summed E-state index contributed by atoms with van der Waals surface area (Å²) in [5, 5.41) is 22.5. The van der Waals surface area contributed by atoms with Crippen molar-refractivity contribution in [2.24, 2.45) is 0 Å². The van der Waals surface area contributed by atoms with Gasteiger partial charge in [0.05, 0.1) is 9.85 Å². The Kier molecular flexibility index (Phi) is 3.04. The number of nitrogens with zero attached hydrogens (tertiary/aromatic N) is 2. The lowest BCUT2D eigenvalue weighted by atomic mass is 9.83. The summed E-state index contributed by atoms with van der Waals surface area (Å²) in [6.07, 6.45) is 1.73. The first-order valence-electron chi connectivity index (χ1n) is 6.27. The Morgan fingerprint density at radius 3 is 2.37 bits per heavy atom. The zero-order valence-electron chi connectivity index (χ0n) is 11.2. The molecule has 0 amide bonds. The summed E-state index contributed by atoms with van der Waals surface area (Å²) in [6, 6.07) is 1.52. The fraction of sp³-hybridized carbons (Fsp3) is 0.538. The van der Waals surface area contributed by atoms with Gasteiger partial charge in [-0.2, -0.15) is 0 Å². The van der Waals surface area contributed by atoms with Crippen LogP contribution in [-0.4, -0.2) is 9.85 Å². The lowest BCUT2D eigenvalue weighted by Crippen LogP contribution is -2.16. The SMILES string of the molecule is CCc1c([N+](=O)[O-])cc2c(c1[N+](=O)[O-])C(C)(C)CC2. The minimum Gasteiger partial charge on any atom is -0.258 e. The third-order valence-electron chi connectivity index (χ3n) is 3.89. The van der Waals surface area contributed by atoms with Crippen LogP contribution in [0.1, 0.15) is 43.9 Å². The molecule has 102 valence electrons. The first-order valence-corrected chi connectivity index (χ1v) is 6.27. The average molecular weight is 264 g/mol. The Balaban J connectivity index is 2.87. The smallest absolute Gasteiger partial charge is 0.258 e. The van der Waals surface area contributed by atoms with Crippen molar-refractivity contribution in [1.29, 1.82) is 0 Å². The number of hydrogen-bond acceptors (Lipinski definition) is 4. The van der Waals surface area contributed by atoms with Crippen molar-refractivity contribution < 1.29 is 9.85 Å². The molecule has 0 unspecified atom stereocenters. The zero-order valence-corrected chi connectivity index (χ0v) is 11.2. The van der Waals surface area contributed by atoms with Crippen molar-refractivity contribution in [3.8, 4) is 0 Å². The van der Waals surface area contributed by atoms with E-state index in [0.29, 0.717) is 12.0 Å². The maximum absolute atomic E-state index is 11.4. The number of aryl methyl sites for hydroxylation is 1. The van der Waals surface area contributed by atoms with Crippen LogP contribution in [0.5, 0.6) is 0 Å². The highest BCUT2D eigenvalue weighted by Crippen LogP contribution is 2.47. The van der Waals surface area contributed by atoms with E-state index in [4.69, 9.17) is 0 Å². The molecule has 6 nitrogen and oxygen atoms in total. The fourth-order valence-electron chi connectivity index (χ4n) is 2.99. The Labute approximate surface area is 110 Å². The molecule has 0 heterocycles. The second kappa shape index (κ2) is 4.29. The topological polar surface area (TPSA) is 86.3 Å². The zero-order chi connectivity index (χ0) is 14.4. The van der Waals surface area contributed by atoms with Crippen LogP contribution in [-0.2, 0) is 18.3 Å². The molecule has 2 rings (SSSR count). The van der Waals surface area contributed by atoms with Gasteiger partial charge in [-0.15, -0.1) is 0 Å². The Morgan fingerprint density at radius 1 is 1.26 bits per heavy atom. The van der Waals surface area contributed by atoms with Gasteiger partial charge in [0.25, 0.3) is 11.4 Å². The summed E-state index contributed by atoms with van der Waals surface area (Å²) < 4.78 is 0. The lowest BCUT2D eigenvalue weighted by molar-refractivity contribution is -0.396. The maximum Gasteiger partial charge on any atom is 0.283 e. The quantitative estimate of drug-likeness (QED) is 0.619. The van der Waals surface area contributed by atoms with Crippen LogP contribution in [0.4, 0.5) is 11.4 Å². The number of rotatable bonds is 3. The summed E-state index contributed by atoms with van der Waals surface area (Å²) >= 11 is 0. The molecule has 1 aliphatic carbocycles. The van der Waals surface area contributed by atoms with E-state index in [1.807, 2.05) is 13.8 Å². The van der Waals surface area contributed by atoms with Crippen LogP contribution in [0.2, 0.25) is 0 Å². The molecule has 0 aliphatic heterocycles. The first-order chi connectivity index (χ1) is 8.79. The summed E-state index contributed by atoms with van der Waals surface area (Å²) in [5.74, 6) is 0. The van der Waals surface area contributed by atoms with Crippen molar-refractivity contribution in [3.05, 3.63) is 43.0 Å². The minimum atomic E-state index is -0.516. The fourth-order valence-corrected chi connectivity index (χ4v) is 2.99. The molecule has 0 aromatic heterocycles. The predicted octanol–water partition coefficient (Wildman–Crippen LogP) is 3.29. The molecule has 19 heavy (non-hydrogen) atoms. The van der Waals surface area contributed by atoms with Gasteiger partial charge in [-0.3, -0.25) is 20.2 Å². The second-order valence-electron chi connectivity index (χ2n) is 5.51. The van der Waals surface area contributed by atoms with Gasteiger partial charge in [0, 0.05) is 11.6 Å². The van der Waals surface area contributed by atoms with Gasteiger partial charge in [0.1, 0.15) is 5.56 Å². The largest absolute Gasteiger partial charge is 0.283 e. The van der Waals surface area contributed by atoms with E-state index in [1.54, 1.807) is 6.92 Å². The van der Waals surface area contributed by atoms with Gasteiger partial charge in [-0.25, -0.2) is 0 Å². The van der Waals surface area contributed by atoms with E-state index in [1.165, 1.54) is 6.07 Å². The van der Waals surface area contributed by atoms with Gasteiger partial charge in [0.2, 0.25) is 0 Å². The molecule has 0 spiro atoms. The minimum absolute atomic E-state index is 0.0470. The van der Waals surface area contributed by atoms with Crippen molar-refractivity contribution in [1.82, 2.24) is 0 Å². The van der Waals surface area contributed by atoms with E-state index in [9.17, 15) is 20.2 Å². The third-order valence-corrected chi connectivity index (χ3v) is 3.89. The molecule has 0 bridgehead atoms. The highest BCUT2D eigenvalue weighted by Gasteiger charge is 2.41. The number of nitro groups is 2. The van der Waals surface area contributed by atoms with E-state index in [2.05, 4.69) is 0 Å². The molecule has 1 aliphatic rings. The van der Waals surface area contributed by atoms with E-state index < -0.39 is 9.85 Å². The molecule has 0 saturated heterocycles. The van der Waals surface area contributed by atoms with Gasteiger partial charge < -0.3 is 0 Å². The molecule has 1 aromatic rings. The predicted molar refractivity (Wildman–Crippen MR) is 70.5 cm³/mol. The molecule has 0 fully saturated rings. The Hall–Kier alpha value is -1.98. The highest BCUT2D eigenvalue weighted by molar-refractivity contribution is 5.65. The first kappa shape index (κ1) is 13.5. The molecule has 0 N–H and O–H groups in total. The molecular weight excluding hydrogens is 248 g/mol. The van der Waals surface area contributed by atoms with Crippen molar-refractivity contribution >= 4 is 11.4 Å². The maximum atomic E-state index is 11.4. The van der Waals surface area contributed by atoms with Crippen molar-refractivity contribution in [2.75, 3.05) is 0 Å². The standard InChI is InChI=1S/C13H16N2O4/c1-4-9-10(14(16)17)7-8-5-6-13(2,3)11(8)12(9)15(18)19/h7H,4-6H2,1-3H3. The molecule has 1 aromatic carbocycles. The summed E-state index contributed by atoms with van der Waals surface area (Å²) in [5.41, 5.74) is 1.21. The lowest BCUT2D eigenvalue weighted by Gasteiger charge is -2.19. The van der Waals surface area contributed by atoms with Crippen molar-refractivity contribution in [2.45, 2.75) is 45.4 Å². The highest BCUT2D eigenvalue weighted by atomic mass is 16.6. The molecule has 0 atom stereocenters. The van der Waals surface area contributed by atoms with Crippen LogP contribution in [0.25, 0.3) is 0 Å². The monoisotopic (exact) mass is 264 g/mol. The summed E-state index contributed by atoms with van der Waals surface area (Å²) in [7, 11) is 0. The van der Waals surface area contributed by atoms with Crippen LogP contribution < -0.4 is 0 Å². The number of benzene rings is 1. The average Bonchev–Trinajstić information content (AvgIpc) is 2.62. The van der Waals surface area contributed by atoms with Gasteiger partial charge in [-0.05, 0) is 30.2 Å². The Bertz CT molecular complexity index is 578. The van der Waals surface area contributed by atoms with Gasteiger partial charge in [0.15, 0.2) is 0 Å². The van der Waals surface area contributed by atoms with E-state index in [-0.39, 0.29) is 28.8 Å². The molecular formula is C13H16N2O4. The molecule has 0 saturated carbocycles. The number of fused-ring (bicyclic) bond motifs is 1. The van der Waals surface area contributed by atoms with Gasteiger partial charge in [-0.1, -0.05) is 20.8 Å². The van der Waals surface area contributed by atoms with Crippen molar-refractivity contribution in [3.63, 3.8) is 0 Å². The molecule has 6 heteroatoms. The summed E-state index contributed by atoms with van der Waals surface area (Å²) in [4.78, 5) is 21.5. The van der Waals surface area contributed by atoms with Gasteiger partial charge >= 0.3 is 0 Å². The number of nitro benzene ring substituents is 2. The van der Waals surface area contributed by atoms with Crippen LogP contribution >= 0.6 is 0 Å². The normalized spacial score (nSPS) is 16.2. The van der Waals surface area contributed by atoms with E-state index >= 15 is 0 Å². The summed E-state index contributed by atoms with van der Waals surface area (Å²) in [6.45, 7) is 5.62. The van der Waals surface area contributed by atoms with Crippen LogP contribution in [0.3, 0.4) is 0 Å². The Morgan fingerprint density at radius 2 is 1.89 bits per heavy atom. The van der Waals surface area contributed by atoms with E-state index in [0.717, 1.165) is 12.0 Å². The third kappa shape index (κ3) is 1.97. The van der Waals surface area contributed by atoms with Crippen LogP contribution in [0.15, 0.2) is 6.07 Å².